The van der Waals surface area contributed by atoms with Crippen LogP contribution >= 0.6 is 0 Å². The lowest BCUT2D eigenvalue weighted by molar-refractivity contribution is 0.296. The summed E-state index contributed by atoms with van der Waals surface area (Å²) < 4.78 is 6.01. The van der Waals surface area contributed by atoms with Crippen LogP contribution in [0.4, 0.5) is 5.82 Å². The van der Waals surface area contributed by atoms with Crippen LogP contribution in [0, 0.1) is 5.92 Å². The minimum absolute atomic E-state index is 0.483. The van der Waals surface area contributed by atoms with E-state index in [4.69, 9.17) is 4.74 Å². The quantitative estimate of drug-likeness (QED) is 0.802. The Kier molecular flexibility index (Phi) is 5.11. The first-order valence-electron chi connectivity index (χ1n) is 9.36. The second-order valence-corrected chi connectivity index (χ2v) is 7.06. The fourth-order valence-electron chi connectivity index (χ4n) is 3.45. The van der Waals surface area contributed by atoms with Gasteiger partial charge in [0.15, 0.2) is 5.82 Å². The van der Waals surface area contributed by atoms with Crippen molar-refractivity contribution in [2.75, 3.05) is 24.6 Å². The summed E-state index contributed by atoms with van der Waals surface area (Å²) in [7, 11) is 0. The molecule has 132 valence electrons. The number of rotatable bonds is 8. The van der Waals surface area contributed by atoms with E-state index in [-0.39, 0.29) is 0 Å². The molecular formula is C20H26N4O. The van der Waals surface area contributed by atoms with Crippen molar-refractivity contribution in [3.8, 4) is 5.75 Å². The second-order valence-electron chi connectivity index (χ2n) is 7.06. The van der Waals surface area contributed by atoms with Gasteiger partial charge in [0.05, 0.1) is 6.61 Å². The zero-order valence-corrected chi connectivity index (χ0v) is 14.6. The van der Waals surface area contributed by atoms with Crippen LogP contribution in [0.5, 0.6) is 5.75 Å². The highest BCUT2D eigenvalue weighted by Gasteiger charge is 2.25. The van der Waals surface area contributed by atoms with E-state index in [1.165, 1.54) is 31.2 Å². The predicted octanol–water partition coefficient (Wildman–Crippen LogP) is 3.02. The van der Waals surface area contributed by atoms with E-state index < -0.39 is 0 Å². The van der Waals surface area contributed by atoms with Crippen LogP contribution in [0.25, 0.3) is 0 Å². The van der Waals surface area contributed by atoms with Crippen molar-refractivity contribution in [2.24, 2.45) is 5.92 Å². The highest BCUT2D eigenvalue weighted by Crippen LogP contribution is 2.30. The normalized spacial score (nSPS) is 20.0. The van der Waals surface area contributed by atoms with E-state index in [2.05, 4.69) is 44.7 Å². The lowest BCUT2D eigenvalue weighted by atomic mass is 10.1. The summed E-state index contributed by atoms with van der Waals surface area (Å²) in [5, 5.41) is 11.9. The highest BCUT2D eigenvalue weighted by atomic mass is 16.5. The van der Waals surface area contributed by atoms with E-state index in [1.807, 2.05) is 12.1 Å². The summed E-state index contributed by atoms with van der Waals surface area (Å²) in [6.07, 6.45) is 6.78. The Morgan fingerprint density at radius 1 is 1.12 bits per heavy atom. The average Bonchev–Trinajstić information content (AvgIpc) is 3.38. The van der Waals surface area contributed by atoms with E-state index in [9.17, 15) is 0 Å². The first kappa shape index (κ1) is 16.3. The fraction of sp³-hybridized carbons (Fsp3) is 0.500. The minimum Gasteiger partial charge on any atom is -0.493 e. The van der Waals surface area contributed by atoms with Crippen LogP contribution < -0.4 is 15.0 Å². The van der Waals surface area contributed by atoms with E-state index in [0.29, 0.717) is 6.04 Å². The molecule has 1 aliphatic carbocycles. The van der Waals surface area contributed by atoms with Gasteiger partial charge in [0.1, 0.15) is 5.75 Å². The van der Waals surface area contributed by atoms with Gasteiger partial charge >= 0.3 is 0 Å². The van der Waals surface area contributed by atoms with Gasteiger partial charge in [0, 0.05) is 37.4 Å². The number of nitrogens with zero attached hydrogens (tertiary/aromatic N) is 3. The van der Waals surface area contributed by atoms with Crippen LogP contribution in [0.15, 0.2) is 42.6 Å². The molecule has 0 amide bonds. The first-order valence-corrected chi connectivity index (χ1v) is 9.36. The molecule has 5 heteroatoms. The number of ether oxygens (including phenoxy) is 1. The van der Waals surface area contributed by atoms with Crippen molar-refractivity contribution in [3.63, 3.8) is 0 Å². The van der Waals surface area contributed by atoms with Crippen LogP contribution in [-0.4, -0.2) is 35.9 Å². The third kappa shape index (κ3) is 4.28. The molecule has 1 saturated heterocycles. The summed E-state index contributed by atoms with van der Waals surface area (Å²) in [5.74, 6) is 2.79. The summed E-state index contributed by atoms with van der Waals surface area (Å²) in [4.78, 5) is 2.37. The topological polar surface area (TPSA) is 50.3 Å². The van der Waals surface area contributed by atoms with Gasteiger partial charge in [-0.1, -0.05) is 18.2 Å². The molecule has 0 spiro atoms. The molecule has 1 saturated carbocycles. The Morgan fingerprint density at radius 2 is 2.04 bits per heavy atom. The number of benzene rings is 1. The molecule has 25 heavy (non-hydrogen) atoms. The number of anilines is 1. The third-order valence-corrected chi connectivity index (χ3v) is 5.07. The molecule has 2 aromatic rings. The van der Waals surface area contributed by atoms with Gasteiger partial charge in [0.2, 0.25) is 0 Å². The van der Waals surface area contributed by atoms with Gasteiger partial charge in [-0.3, -0.25) is 0 Å². The van der Waals surface area contributed by atoms with Crippen molar-refractivity contribution in [1.29, 1.82) is 0 Å². The molecule has 0 radical (unpaired) electrons. The van der Waals surface area contributed by atoms with Gasteiger partial charge in [-0.15, -0.1) is 5.10 Å². The molecule has 0 bridgehead atoms. The van der Waals surface area contributed by atoms with Gasteiger partial charge < -0.3 is 15.0 Å². The zero-order valence-electron chi connectivity index (χ0n) is 14.6. The Balaban J connectivity index is 1.31. The second kappa shape index (κ2) is 7.83. The standard InChI is InChI=1S/C20H26N4O/c1-2-7-19(25-15-16-9-10-16)17(5-1)13-21-14-18-6-4-12-24(18)20-8-3-11-22-23-20/h1-3,5,7-8,11,16,18,21H,4,6,9-10,12-15H2. The summed E-state index contributed by atoms with van der Waals surface area (Å²) in [5.41, 5.74) is 1.24. The van der Waals surface area contributed by atoms with Crippen molar-refractivity contribution in [3.05, 3.63) is 48.2 Å². The number of para-hydroxylation sites is 1. The Labute approximate surface area is 149 Å². The van der Waals surface area contributed by atoms with Crippen LogP contribution in [0.1, 0.15) is 31.2 Å². The first-order chi connectivity index (χ1) is 12.4. The van der Waals surface area contributed by atoms with Gasteiger partial charge in [-0.2, -0.15) is 5.10 Å². The van der Waals surface area contributed by atoms with Gasteiger partial charge in [-0.25, -0.2) is 0 Å². The van der Waals surface area contributed by atoms with Crippen LogP contribution in [0.3, 0.4) is 0 Å². The lowest BCUT2D eigenvalue weighted by Gasteiger charge is -2.25. The lowest BCUT2D eigenvalue weighted by Crippen LogP contribution is -2.38. The molecule has 1 atom stereocenters. The van der Waals surface area contributed by atoms with Crippen LogP contribution in [-0.2, 0) is 6.54 Å². The molecule has 1 N–H and O–H groups in total. The Hall–Kier alpha value is -2.14. The monoisotopic (exact) mass is 338 g/mol. The number of nitrogens with one attached hydrogen (secondary N) is 1. The molecule has 1 aromatic heterocycles. The SMILES string of the molecule is c1cnnc(N2CCCC2CNCc2ccccc2OCC2CC2)c1. The maximum absolute atomic E-state index is 6.01. The maximum Gasteiger partial charge on any atom is 0.151 e. The smallest absolute Gasteiger partial charge is 0.151 e. The van der Waals surface area contributed by atoms with Gasteiger partial charge in [-0.05, 0) is 49.8 Å². The minimum atomic E-state index is 0.483. The maximum atomic E-state index is 6.01. The Morgan fingerprint density at radius 3 is 2.88 bits per heavy atom. The Bertz CT molecular complexity index is 674. The third-order valence-electron chi connectivity index (χ3n) is 5.07. The fourth-order valence-corrected chi connectivity index (χ4v) is 3.45. The largest absolute Gasteiger partial charge is 0.493 e. The average molecular weight is 338 g/mol. The molecule has 2 heterocycles. The molecule has 4 rings (SSSR count). The molecule has 1 aromatic carbocycles. The van der Waals surface area contributed by atoms with Crippen LogP contribution in [0.2, 0.25) is 0 Å². The highest BCUT2D eigenvalue weighted by molar-refractivity contribution is 5.39. The van der Waals surface area contributed by atoms with E-state index in [1.54, 1.807) is 6.20 Å². The molecule has 1 aliphatic heterocycles. The summed E-state index contributed by atoms with van der Waals surface area (Å²) >= 11 is 0. The van der Waals surface area contributed by atoms with E-state index >= 15 is 0 Å². The molecule has 2 aliphatic rings. The van der Waals surface area contributed by atoms with Crippen molar-refractivity contribution in [1.82, 2.24) is 15.5 Å². The van der Waals surface area contributed by atoms with Crippen molar-refractivity contribution >= 4 is 5.82 Å². The van der Waals surface area contributed by atoms with Crippen molar-refractivity contribution < 1.29 is 4.74 Å². The van der Waals surface area contributed by atoms with Crippen molar-refractivity contribution in [2.45, 2.75) is 38.3 Å². The number of aromatic nitrogens is 2. The molecule has 1 unspecified atom stereocenters. The van der Waals surface area contributed by atoms with E-state index in [0.717, 1.165) is 43.7 Å². The zero-order chi connectivity index (χ0) is 16.9. The van der Waals surface area contributed by atoms with Gasteiger partial charge in [0.25, 0.3) is 0 Å². The molecular weight excluding hydrogens is 312 g/mol. The number of hydrogen-bond acceptors (Lipinski definition) is 5. The molecule has 5 nitrogen and oxygen atoms in total. The number of hydrogen-bond donors (Lipinski definition) is 1. The molecule has 2 fully saturated rings. The summed E-state index contributed by atoms with van der Waals surface area (Å²) in [6.45, 7) is 3.71. The summed E-state index contributed by atoms with van der Waals surface area (Å²) in [6, 6.07) is 12.9. The predicted molar refractivity (Wildman–Crippen MR) is 98.8 cm³/mol.